The number of nitrogens with two attached hydrogens (primary N) is 1. The number of hydrogen-bond donors (Lipinski definition) is 1. The van der Waals surface area contributed by atoms with E-state index in [0.29, 0.717) is 41.3 Å². The van der Waals surface area contributed by atoms with Gasteiger partial charge in [-0.3, -0.25) is 0 Å². The summed E-state index contributed by atoms with van der Waals surface area (Å²) in [5, 5.41) is 9.02. The van der Waals surface area contributed by atoms with Gasteiger partial charge in [0, 0.05) is 0 Å². The van der Waals surface area contributed by atoms with Crippen LogP contribution in [0.2, 0.25) is 4.71 Å². The van der Waals surface area contributed by atoms with Gasteiger partial charge in [-0.2, -0.15) is 0 Å². The zero-order valence-electron chi connectivity index (χ0n) is 14.6. The Balaban J connectivity index is 1.80. The van der Waals surface area contributed by atoms with Crippen molar-refractivity contribution < 1.29 is 4.39 Å². The Morgan fingerprint density at radius 3 is 2.74 bits per heavy atom. The minimum absolute atomic E-state index is 0.00740. The van der Waals surface area contributed by atoms with E-state index in [1.54, 1.807) is 6.07 Å². The van der Waals surface area contributed by atoms with Gasteiger partial charge >= 0.3 is 163 Å². The van der Waals surface area contributed by atoms with E-state index in [4.69, 9.17) is 11.1 Å². The van der Waals surface area contributed by atoms with Crippen LogP contribution in [0.3, 0.4) is 0 Å². The molecule has 2 radical (unpaired) electrons. The van der Waals surface area contributed by atoms with Crippen molar-refractivity contribution in [2.45, 2.75) is 36.4 Å². The monoisotopic (exact) mass is 431 g/mol. The molecule has 2 atom stereocenters. The topological polar surface area (TPSA) is 97.1 Å². The summed E-state index contributed by atoms with van der Waals surface area (Å²) >= 11 is 2.54. The summed E-state index contributed by atoms with van der Waals surface area (Å²) in [6, 6.07) is 4.99. The third-order valence-electron chi connectivity index (χ3n) is 5.51. The molecule has 1 saturated carbocycles. The van der Waals surface area contributed by atoms with E-state index in [9.17, 15) is 14.0 Å². The molecular weight excluding hydrogens is 412 g/mol. The van der Waals surface area contributed by atoms with E-state index >= 15 is 0 Å². The molecular formula is C18H19AsFN5O2. The molecule has 1 aromatic carbocycles. The van der Waals surface area contributed by atoms with Crippen LogP contribution in [0.5, 0.6) is 0 Å². The van der Waals surface area contributed by atoms with Gasteiger partial charge in [0.05, 0.1) is 0 Å². The van der Waals surface area contributed by atoms with Gasteiger partial charge in [-0.15, -0.1) is 0 Å². The molecule has 0 bridgehead atoms. The van der Waals surface area contributed by atoms with Gasteiger partial charge < -0.3 is 0 Å². The molecule has 140 valence electrons. The van der Waals surface area contributed by atoms with Crippen LogP contribution in [-0.2, 0) is 0 Å². The number of aromatic nitrogens is 2. The fourth-order valence-electron chi connectivity index (χ4n) is 3.87. The molecule has 27 heavy (non-hydrogen) atoms. The quantitative estimate of drug-likeness (QED) is 0.577. The van der Waals surface area contributed by atoms with Crippen molar-refractivity contribution in [2.75, 3.05) is 23.8 Å². The van der Waals surface area contributed by atoms with Gasteiger partial charge in [0.25, 0.3) is 0 Å². The van der Waals surface area contributed by atoms with E-state index in [-0.39, 0.29) is 16.1 Å². The second-order valence-corrected chi connectivity index (χ2v) is 8.70. The first-order valence-corrected chi connectivity index (χ1v) is 10.1. The summed E-state index contributed by atoms with van der Waals surface area (Å²) in [7, 11) is 0. The maximum atomic E-state index is 14.8. The molecule has 2 aromatic rings. The fraction of sp³-hybridized carbons (Fsp3) is 0.500. The number of halogens is 1. The van der Waals surface area contributed by atoms with Gasteiger partial charge in [0.15, 0.2) is 0 Å². The minimum atomic E-state index is -0.684. The summed E-state index contributed by atoms with van der Waals surface area (Å²) in [5.41, 5.74) is -0.414. The van der Waals surface area contributed by atoms with E-state index in [1.165, 1.54) is 10.6 Å². The summed E-state index contributed by atoms with van der Waals surface area (Å²) in [4.78, 5) is 26.8. The molecule has 2 unspecified atom stereocenters. The number of rotatable bonds is 4. The van der Waals surface area contributed by atoms with Crippen molar-refractivity contribution in [1.82, 2.24) is 9.24 Å². The zero-order valence-corrected chi connectivity index (χ0v) is 16.5. The Hall–Kier alpha value is -2.26. The molecule has 2 aliphatic rings. The number of benzene rings is 1. The number of nitrogens with zero attached hydrogens (tertiary/aromatic N) is 4. The van der Waals surface area contributed by atoms with Gasteiger partial charge in [0.1, 0.15) is 0 Å². The predicted octanol–water partition coefficient (Wildman–Crippen LogP) is 1.05. The van der Waals surface area contributed by atoms with E-state index in [1.807, 2.05) is 4.90 Å². The first kappa shape index (κ1) is 18.1. The van der Waals surface area contributed by atoms with Crippen molar-refractivity contribution in [3.8, 4) is 6.07 Å². The summed E-state index contributed by atoms with van der Waals surface area (Å²) in [6.45, 7) is 1.32. The molecule has 2 fully saturated rings. The molecule has 9 heteroatoms. The molecule has 0 spiro atoms. The third kappa shape index (κ3) is 3.04. The zero-order chi connectivity index (χ0) is 19.3. The average Bonchev–Trinajstić information content (AvgIpc) is 3.35. The van der Waals surface area contributed by atoms with Crippen LogP contribution in [0.25, 0.3) is 10.9 Å². The standard InChI is InChI=1S/C18H19AsFN5O2/c19-13(3-5-21)10-4-6-23(9-10)16-8-15-12(7-14(16)20)17(26)25(22)18(27)24(15)11-1-2-11/h7-8,10-11,13H,1-4,6,9,22H2. The third-order valence-corrected chi connectivity index (χ3v) is 6.78. The maximum absolute atomic E-state index is 14.8. The van der Waals surface area contributed by atoms with Gasteiger partial charge in [-0.1, -0.05) is 0 Å². The Morgan fingerprint density at radius 1 is 1.33 bits per heavy atom. The van der Waals surface area contributed by atoms with Gasteiger partial charge in [0.2, 0.25) is 0 Å². The van der Waals surface area contributed by atoms with Gasteiger partial charge in [-0.25, -0.2) is 0 Å². The summed E-state index contributed by atoms with van der Waals surface area (Å²) in [5.74, 6) is 5.41. The summed E-state index contributed by atoms with van der Waals surface area (Å²) in [6.07, 6.45) is 3.01. The number of anilines is 1. The Labute approximate surface area is 163 Å². The molecule has 1 aromatic heterocycles. The average molecular weight is 431 g/mol. The molecule has 1 aliphatic heterocycles. The van der Waals surface area contributed by atoms with Crippen LogP contribution in [-0.4, -0.2) is 39.2 Å². The number of fused-ring (bicyclic) bond motifs is 1. The molecule has 2 heterocycles. The first-order chi connectivity index (χ1) is 12.9. The number of nitrogen functional groups attached to an aromatic ring is 1. The Kier molecular flexibility index (Phi) is 4.51. The first-order valence-electron chi connectivity index (χ1n) is 8.98. The Morgan fingerprint density at radius 2 is 2.07 bits per heavy atom. The van der Waals surface area contributed by atoms with Crippen molar-refractivity contribution >= 4 is 33.4 Å². The van der Waals surface area contributed by atoms with Crippen LogP contribution < -0.4 is 22.0 Å². The van der Waals surface area contributed by atoms with Crippen LogP contribution >= 0.6 is 0 Å². The van der Waals surface area contributed by atoms with E-state index in [2.05, 4.69) is 22.9 Å². The van der Waals surface area contributed by atoms with E-state index < -0.39 is 17.1 Å². The molecule has 2 N–H and O–H groups in total. The van der Waals surface area contributed by atoms with Crippen LogP contribution in [0.4, 0.5) is 10.1 Å². The van der Waals surface area contributed by atoms with Crippen LogP contribution in [0.15, 0.2) is 21.7 Å². The Bertz CT molecular complexity index is 1070. The number of hydrogen-bond acceptors (Lipinski definition) is 5. The predicted molar refractivity (Wildman–Crippen MR) is 101 cm³/mol. The SMILES string of the molecule is N#CCC([As])C1CCN(c2cc3c(cc2F)c(=O)n(N)c(=O)n3C2CC2)C1. The molecule has 7 nitrogen and oxygen atoms in total. The summed E-state index contributed by atoms with van der Waals surface area (Å²) < 4.78 is 17.1. The number of nitriles is 1. The molecule has 1 saturated heterocycles. The van der Waals surface area contributed by atoms with Crippen molar-refractivity contribution in [1.29, 1.82) is 5.26 Å². The normalized spacial score (nSPS) is 20.8. The molecule has 1 aliphatic carbocycles. The van der Waals surface area contributed by atoms with Crippen LogP contribution in [0, 0.1) is 23.1 Å². The second-order valence-electron chi connectivity index (χ2n) is 7.30. The van der Waals surface area contributed by atoms with Crippen LogP contribution in [0.1, 0.15) is 31.7 Å². The molecule has 4 rings (SSSR count). The van der Waals surface area contributed by atoms with Crippen molar-refractivity contribution in [3.63, 3.8) is 0 Å². The second kappa shape index (κ2) is 6.72. The molecule has 0 amide bonds. The fourth-order valence-corrected chi connectivity index (χ4v) is 4.55. The van der Waals surface area contributed by atoms with Gasteiger partial charge in [-0.05, 0) is 0 Å². The van der Waals surface area contributed by atoms with Crippen molar-refractivity contribution in [2.24, 2.45) is 5.92 Å². The van der Waals surface area contributed by atoms with E-state index in [0.717, 1.165) is 19.3 Å². The van der Waals surface area contributed by atoms with Crippen molar-refractivity contribution in [3.05, 3.63) is 38.8 Å².